The molecule has 0 unspecified atom stereocenters. The highest BCUT2D eigenvalue weighted by Gasteiger charge is 2.15. The first kappa shape index (κ1) is 14.7. The van der Waals surface area contributed by atoms with Crippen LogP contribution < -0.4 is 5.32 Å². The second-order valence-electron chi connectivity index (χ2n) is 5.98. The fraction of sp³-hybridized carbons (Fsp3) is 0.467. The number of hydrogen-bond acceptors (Lipinski definition) is 3. The van der Waals surface area contributed by atoms with Crippen LogP contribution in [0.2, 0.25) is 0 Å². The van der Waals surface area contributed by atoms with Crippen LogP contribution in [0.1, 0.15) is 45.0 Å². The van der Waals surface area contributed by atoms with Crippen LogP contribution in [0.5, 0.6) is 0 Å². The van der Waals surface area contributed by atoms with Gasteiger partial charge in [0.15, 0.2) is 0 Å². The molecule has 1 heterocycles. The largest absolute Gasteiger partial charge is 0.304 e. The van der Waals surface area contributed by atoms with Crippen molar-refractivity contribution in [2.75, 3.05) is 0 Å². The minimum Gasteiger partial charge on any atom is -0.304 e. The van der Waals surface area contributed by atoms with Crippen molar-refractivity contribution in [3.63, 3.8) is 0 Å². The van der Waals surface area contributed by atoms with Crippen molar-refractivity contribution in [2.45, 2.75) is 45.8 Å². The Kier molecular flexibility index (Phi) is 4.18. The van der Waals surface area contributed by atoms with Crippen LogP contribution in [0, 0.1) is 5.82 Å². The second-order valence-corrected chi connectivity index (χ2v) is 5.98. The average Bonchev–Trinajstić information content (AvgIpc) is 2.85. The molecular weight excluding hydrogens is 255 g/mol. The minimum atomic E-state index is -0.214. The van der Waals surface area contributed by atoms with Crippen LogP contribution in [-0.4, -0.2) is 15.0 Å². The van der Waals surface area contributed by atoms with Gasteiger partial charge in [-0.1, -0.05) is 17.3 Å². The van der Waals surface area contributed by atoms with E-state index in [0.29, 0.717) is 6.54 Å². The van der Waals surface area contributed by atoms with Gasteiger partial charge in [-0.3, -0.25) is 0 Å². The molecule has 0 aliphatic rings. The van der Waals surface area contributed by atoms with Crippen LogP contribution in [0.4, 0.5) is 4.39 Å². The molecule has 1 aromatic carbocycles. The second kappa shape index (κ2) is 5.71. The quantitative estimate of drug-likeness (QED) is 0.933. The number of rotatable bonds is 4. The lowest BCUT2D eigenvalue weighted by molar-refractivity contribution is 0.347. The summed E-state index contributed by atoms with van der Waals surface area (Å²) in [7, 11) is 0. The van der Waals surface area contributed by atoms with Crippen molar-refractivity contribution < 1.29 is 4.39 Å². The Morgan fingerprint density at radius 3 is 2.45 bits per heavy atom. The number of aromatic nitrogens is 3. The molecule has 0 aliphatic carbocycles. The van der Waals surface area contributed by atoms with E-state index in [1.165, 1.54) is 12.1 Å². The molecule has 20 heavy (non-hydrogen) atoms. The van der Waals surface area contributed by atoms with E-state index in [-0.39, 0.29) is 17.4 Å². The summed E-state index contributed by atoms with van der Waals surface area (Å²) >= 11 is 0. The molecular formula is C15H21FN4. The third kappa shape index (κ3) is 3.63. The third-order valence-corrected chi connectivity index (χ3v) is 3.19. The van der Waals surface area contributed by atoms with Crippen LogP contribution in [0.3, 0.4) is 0 Å². The zero-order valence-electron chi connectivity index (χ0n) is 12.4. The summed E-state index contributed by atoms with van der Waals surface area (Å²) in [5.74, 6) is -0.214. The van der Waals surface area contributed by atoms with E-state index in [2.05, 4.69) is 36.4 Å². The Morgan fingerprint density at radius 2 is 1.90 bits per heavy atom. The normalized spacial score (nSPS) is 13.4. The molecule has 0 bridgehead atoms. The molecule has 1 aromatic heterocycles. The van der Waals surface area contributed by atoms with Gasteiger partial charge in [0.25, 0.3) is 0 Å². The van der Waals surface area contributed by atoms with Crippen LogP contribution >= 0.6 is 0 Å². The molecule has 2 aromatic rings. The Hall–Kier alpha value is -1.75. The van der Waals surface area contributed by atoms with Crippen molar-refractivity contribution >= 4 is 0 Å². The first-order chi connectivity index (χ1) is 9.36. The van der Waals surface area contributed by atoms with E-state index < -0.39 is 0 Å². The van der Waals surface area contributed by atoms with Crippen molar-refractivity contribution in [1.29, 1.82) is 0 Å². The number of nitrogens with one attached hydrogen (secondary N) is 1. The van der Waals surface area contributed by atoms with E-state index in [4.69, 9.17) is 0 Å². The molecule has 1 atom stereocenters. The van der Waals surface area contributed by atoms with Gasteiger partial charge in [-0.25, -0.2) is 9.07 Å². The van der Waals surface area contributed by atoms with Crippen LogP contribution in [0.15, 0.2) is 30.5 Å². The summed E-state index contributed by atoms with van der Waals surface area (Å²) in [6, 6.07) is 6.67. The van der Waals surface area contributed by atoms with Crippen LogP contribution in [-0.2, 0) is 12.1 Å². The lowest BCUT2D eigenvalue weighted by atomic mass is 10.1. The van der Waals surface area contributed by atoms with Gasteiger partial charge in [-0.05, 0) is 45.4 Å². The van der Waals surface area contributed by atoms with Crippen molar-refractivity contribution in [3.05, 3.63) is 47.5 Å². The minimum absolute atomic E-state index is 0.0617. The van der Waals surface area contributed by atoms with Gasteiger partial charge in [-0.2, -0.15) is 0 Å². The summed E-state index contributed by atoms with van der Waals surface area (Å²) in [5, 5.41) is 11.6. The molecule has 5 heteroatoms. The number of benzene rings is 1. The van der Waals surface area contributed by atoms with E-state index >= 15 is 0 Å². The van der Waals surface area contributed by atoms with Crippen molar-refractivity contribution in [1.82, 2.24) is 20.3 Å². The number of halogens is 1. The van der Waals surface area contributed by atoms with Crippen LogP contribution in [0.25, 0.3) is 0 Å². The van der Waals surface area contributed by atoms with Gasteiger partial charge in [-0.15, -0.1) is 5.10 Å². The monoisotopic (exact) mass is 276 g/mol. The number of nitrogens with zero attached hydrogens (tertiary/aromatic N) is 3. The van der Waals surface area contributed by atoms with E-state index in [1.807, 2.05) is 17.8 Å². The Bertz CT molecular complexity index is 554. The van der Waals surface area contributed by atoms with E-state index in [9.17, 15) is 4.39 Å². The molecule has 1 N–H and O–H groups in total. The van der Waals surface area contributed by atoms with Crippen molar-refractivity contribution in [3.8, 4) is 0 Å². The zero-order chi connectivity index (χ0) is 14.8. The third-order valence-electron chi connectivity index (χ3n) is 3.19. The van der Waals surface area contributed by atoms with Crippen molar-refractivity contribution in [2.24, 2.45) is 0 Å². The molecule has 2 rings (SSSR count). The van der Waals surface area contributed by atoms with E-state index in [1.54, 1.807) is 12.1 Å². The Labute approximate surface area is 119 Å². The van der Waals surface area contributed by atoms with Gasteiger partial charge in [0, 0.05) is 12.6 Å². The first-order valence-corrected chi connectivity index (χ1v) is 6.77. The molecule has 4 nitrogen and oxygen atoms in total. The molecule has 0 aliphatic heterocycles. The maximum atomic E-state index is 12.9. The molecule has 0 amide bonds. The Balaban J connectivity index is 1.95. The first-order valence-electron chi connectivity index (χ1n) is 6.77. The molecule has 0 fully saturated rings. The summed E-state index contributed by atoms with van der Waals surface area (Å²) in [4.78, 5) is 0. The highest BCUT2D eigenvalue weighted by atomic mass is 19.1. The predicted octanol–water partition coefficient (Wildman–Crippen LogP) is 3.02. The highest BCUT2D eigenvalue weighted by molar-refractivity contribution is 5.19. The maximum Gasteiger partial charge on any atom is 0.123 e. The smallest absolute Gasteiger partial charge is 0.123 e. The van der Waals surface area contributed by atoms with Gasteiger partial charge in [0.1, 0.15) is 5.82 Å². The van der Waals surface area contributed by atoms with Gasteiger partial charge in [0.05, 0.1) is 17.4 Å². The fourth-order valence-corrected chi connectivity index (χ4v) is 1.83. The molecule has 0 radical (unpaired) electrons. The summed E-state index contributed by atoms with van der Waals surface area (Å²) in [5.41, 5.74) is 1.89. The lowest BCUT2D eigenvalue weighted by Crippen LogP contribution is -2.22. The Morgan fingerprint density at radius 1 is 1.25 bits per heavy atom. The standard InChI is InChI=1S/C15H21FN4/c1-11(12-5-7-13(16)8-6-12)17-9-14-10-20(19-18-14)15(2,3)4/h5-8,10-11,17H,9H2,1-4H3/t11-/m0/s1. The lowest BCUT2D eigenvalue weighted by Gasteiger charge is -2.17. The van der Waals surface area contributed by atoms with Gasteiger partial charge < -0.3 is 5.32 Å². The number of hydrogen-bond donors (Lipinski definition) is 1. The molecule has 0 saturated carbocycles. The fourth-order valence-electron chi connectivity index (χ4n) is 1.83. The highest BCUT2D eigenvalue weighted by Crippen LogP contribution is 2.14. The summed E-state index contributed by atoms with van der Waals surface area (Å²) < 4.78 is 14.7. The predicted molar refractivity (Wildman–Crippen MR) is 76.7 cm³/mol. The maximum absolute atomic E-state index is 12.9. The molecule has 0 saturated heterocycles. The summed E-state index contributed by atoms with van der Waals surface area (Å²) in [6.07, 6.45) is 1.95. The molecule has 0 spiro atoms. The summed E-state index contributed by atoms with van der Waals surface area (Å²) in [6.45, 7) is 8.93. The van der Waals surface area contributed by atoms with Gasteiger partial charge in [0.2, 0.25) is 0 Å². The van der Waals surface area contributed by atoms with Gasteiger partial charge >= 0.3 is 0 Å². The zero-order valence-corrected chi connectivity index (χ0v) is 12.4. The SMILES string of the molecule is C[C@H](NCc1cn(C(C)(C)C)nn1)c1ccc(F)cc1. The molecule has 108 valence electrons. The average molecular weight is 276 g/mol. The topological polar surface area (TPSA) is 42.7 Å². The van der Waals surface area contributed by atoms with E-state index in [0.717, 1.165) is 11.3 Å².